The number of allylic oxidation sites excluding steroid dienone is 1. The third-order valence-electron chi connectivity index (χ3n) is 9.19. The number of nitrogens with zero attached hydrogens (tertiary/aromatic N) is 7. The molecule has 1 aromatic carbocycles. The van der Waals surface area contributed by atoms with E-state index in [2.05, 4.69) is 26.3 Å². The summed E-state index contributed by atoms with van der Waals surface area (Å²) in [7, 11) is 3.71. The minimum Gasteiger partial charge on any atom is -0.380 e. The number of halogens is 2. The molecule has 2 saturated heterocycles. The number of aryl methyl sites for hydroxylation is 1. The molecular formula is C34H38F2N8O3. The zero-order valence-corrected chi connectivity index (χ0v) is 26.7. The second-order valence-electron chi connectivity index (χ2n) is 12.1. The van der Waals surface area contributed by atoms with Crippen molar-refractivity contribution in [3.8, 4) is 17.3 Å². The smallest absolute Gasteiger partial charge is 0.246 e. The van der Waals surface area contributed by atoms with E-state index in [0.717, 1.165) is 35.4 Å². The number of hydrogen-bond donors (Lipinski definition) is 1. The van der Waals surface area contributed by atoms with E-state index in [1.165, 1.54) is 6.08 Å². The number of pyridine rings is 2. The Kier molecular flexibility index (Phi) is 9.72. The predicted octanol–water partition coefficient (Wildman–Crippen LogP) is 3.89. The molecular weight excluding hydrogens is 606 g/mol. The van der Waals surface area contributed by atoms with Crippen LogP contribution >= 0.6 is 0 Å². The second-order valence-corrected chi connectivity index (χ2v) is 12.1. The van der Waals surface area contributed by atoms with Crippen molar-refractivity contribution in [1.29, 1.82) is 5.26 Å². The van der Waals surface area contributed by atoms with Gasteiger partial charge in [0.05, 0.1) is 42.5 Å². The first-order valence-corrected chi connectivity index (χ1v) is 15.7. The highest BCUT2D eigenvalue weighted by atomic mass is 19.1. The van der Waals surface area contributed by atoms with Crippen LogP contribution in [-0.2, 0) is 14.3 Å². The summed E-state index contributed by atoms with van der Waals surface area (Å²) in [6.07, 6.45) is 7.38. The number of anilines is 1. The summed E-state index contributed by atoms with van der Waals surface area (Å²) in [5.41, 5.74) is 2.35. The first kappa shape index (κ1) is 32.4. The molecule has 0 aliphatic carbocycles. The average molecular weight is 645 g/mol. The largest absolute Gasteiger partial charge is 0.380 e. The van der Waals surface area contributed by atoms with Crippen LogP contribution in [0.3, 0.4) is 0 Å². The topological polar surface area (TPSA) is 119 Å². The Morgan fingerprint density at radius 3 is 2.81 bits per heavy atom. The van der Waals surface area contributed by atoms with Gasteiger partial charge in [-0.25, -0.2) is 13.8 Å². The molecule has 3 aromatic rings. The number of alkyl halides is 1. The number of aromatic nitrogens is 2. The Morgan fingerprint density at radius 1 is 1.19 bits per heavy atom. The van der Waals surface area contributed by atoms with Crippen LogP contribution < -0.4 is 5.32 Å². The maximum absolute atomic E-state index is 16.8. The number of amides is 1. The van der Waals surface area contributed by atoms with Crippen molar-refractivity contribution in [3.05, 3.63) is 65.9 Å². The van der Waals surface area contributed by atoms with Crippen molar-refractivity contribution in [1.82, 2.24) is 24.7 Å². The monoisotopic (exact) mass is 644 g/mol. The number of benzene rings is 1. The summed E-state index contributed by atoms with van der Waals surface area (Å²) in [5.74, 6) is -0.460. The van der Waals surface area contributed by atoms with E-state index in [0.29, 0.717) is 30.1 Å². The van der Waals surface area contributed by atoms with E-state index >= 15 is 4.39 Å². The molecule has 13 heteroatoms. The highest BCUT2D eigenvalue weighted by Crippen LogP contribution is 2.37. The molecule has 0 radical (unpaired) electrons. The number of fused-ring (bicyclic) bond motifs is 2. The quantitative estimate of drug-likeness (QED) is 0.365. The maximum atomic E-state index is 16.8. The van der Waals surface area contributed by atoms with Crippen molar-refractivity contribution in [2.24, 2.45) is 4.99 Å². The number of carbonyl (C=O) groups is 1. The van der Waals surface area contributed by atoms with Gasteiger partial charge in [-0.1, -0.05) is 18.2 Å². The van der Waals surface area contributed by atoms with Crippen molar-refractivity contribution in [2.75, 3.05) is 58.9 Å². The standard InChI is InChI=1S/C34H38F2N8O3/c1-21-6-4-7-22-15-38-16-26(29(21)22)31-30(36)32-27(17-39-31)33(41-34(40-32)47-20-24-14-25(46-3)19-42(24)2)43-12-13-44(23(18-43)9-11-37)28(45)8-5-10-35/h4-8,15-17,23-25,34,40H,9-10,12-14,18-20H2,1-3H3/b8-5+/t23-,24-,25+,34?/m0/s1. The Balaban J connectivity index is 1.36. The molecule has 1 unspecified atom stereocenters. The summed E-state index contributed by atoms with van der Waals surface area (Å²) in [5, 5.41) is 14.5. The number of likely N-dealkylation sites (N-methyl/N-ethyl adjacent to an activating group) is 1. The lowest BCUT2D eigenvalue weighted by molar-refractivity contribution is -0.130. The molecule has 3 aliphatic rings. The summed E-state index contributed by atoms with van der Waals surface area (Å²) in [6.45, 7) is 3.24. The SMILES string of the molecule is CO[C@@H]1C[C@@H](COC2N=C(N3CCN(C(=O)/C=C/CF)[C@@H](CC#N)C3)c3cnc(-c4cncc5cccc(C)c45)c(F)c3N2)N(C)C1. The van der Waals surface area contributed by atoms with Gasteiger partial charge in [0.15, 0.2) is 5.82 Å². The molecule has 2 aromatic heterocycles. The average Bonchev–Trinajstić information content (AvgIpc) is 3.45. The first-order valence-electron chi connectivity index (χ1n) is 15.7. The van der Waals surface area contributed by atoms with Crippen LogP contribution in [0.5, 0.6) is 0 Å². The summed E-state index contributed by atoms with van der Waals surface area (Å²) in [6, 6.07) is 7.62. The van der Waals surface area contributed by atoms with E-state index in [9.17, 15) is 14.4 Å². The van der Waals surface area contributed by atoms with Crippen LogP contribution in [0.4, 0.5) is 14.5 Å². The molecule has 4 atom stereocenters. The summed E-state index contributed by atoms with van der Waals surface area (Å²) >= 11 is 0. The number of aliphatic imine (C=N–C) groups is 1. The normalized spacial score (nSPS) is 23.1. The molecule has 0 spiro atoms. The van der Waals surface area contributed by atoms with Crippen LogP contribution in [0.1, 0.15) is 24.0 Å². The van der Waals surface area contributed by atoms with Gasteiger partial charge in [0.25, 0.3) is 0 Å². The number of amidine groups is 1. The molecule has 6 rings (SSSR count). The molecule has 246 valence electrons. The second kappa shape index (κ2) is 14.1. The molecule has 0 saturated carbocycles. The van der Waals surface area contributed by atoms with Crippen LogP contribution in [0, 0.1) is 24.1 Å². The molecule has 5 heterocycles. The van der Waals surface area contributed by atoms with Crippen molar-refractivity contribution < 1.29 is 23.0 Å². The summed E-state index contributed by atoms with van der Waals surface area (Å²) in [4.78, 5) is 32.3. The van der Waals surface area contributed by atoms with E-state index in [4.69, 9.17) is 14.5 Å². The minimum absolute atomic E-state index is 0.0671. The Bertz CT molecular complexity index is 1740. The Labute approximate surface area is 272 Å². The van der Waals surface area contributed by atoms with Crippen LogP contribution in [0.2, 0.25) is 0 Å². The summed E-state index contributed by atoms with van der Waals surface area (Å²) < 4.78 is 41.3. The van der Waals surface area contributed by atoms with Crippen LogP contribution in [-0.4, -0.2) is 115 Å². The fourth-order valence-corrected chi connectivity index (χ4v) is 6.71. The molecule has 0 bridgehead atoms. The highest BCUT2D eigenvalue weighted by Gasteiger charge is 2.36. The van der Waals surface area contributed by atoms with Crippen molar-refractivity contribution in [3.63, 3.8) is 0 Å². The van der Waals surface area contributed by atoms with E-state index in [1.807, 2.05) is 37.1 Å². The van der Waals surface area contributed by atoms with E-state index in [-0.39, 0.29) is 48.9 Å². The maximum Gasteiger partial charge on any atom is 0.246 e. The number of rotatable bonds is 8. The molecule has 1 amide bonds. The fraction of sp³-hybridized carbons (Fsp3) is 0.441. The number of nitriles is 1. The lowest BCUT2D eigenvalue weighted by atomic mass is 9.99. The molecule has 47 heavy (non-hydrogen) atoms. The number of hydrogen-bond acceptors (Lipinski definition) is 10. The van der Waals surface area contributed by atoms with E-state index in [1.54, 1.807) is 30.6 Å². The molecule has 3 aliphatic heterocycles. The third kappa shape index (κ3) is 6.54. The van der Waals surface area contributed by atoms with Gasteiger partial charge in [0, 0.05) is 74.9 Å². The predicted molar refractivity (Wildman–Crippen MR) is 174 cm³/mol. The lowest BCUT2D eigenvalue weighted by Gasteiger charge is -2.43. The molecule has 11 nitrogen and oxygen atoms in total. The third-order valence-corrected chi connectivity index (χ3v) is 9.19. The number of piperazine rings is 1. The molecule has 1 N–H and O–H groups in total. The number of nitrogens with one attached hydrogen (secondary N) is 1. The van der Waals surface area contributed by atoms with Gasteiger partial charge in [0.2, 0.25) is 12.3 Å². The lowest BCUT2D eigenvalue weighted by Crippen LogP contribution is -2.57. The van der Waals surface area contributed by atoms with Gasteiger partial charge in [-0.15, -0.1) is 0 Å². The first-order chi connectivity index (χ1) is 22.8. The van der Waals surface area contributed by atoms with E-state index < -0.39 is 24.9 Å². The minimum atomic E-state index is -0.911. The van der Waals surface area contributed by atoms with Gasteiger partial charge in [0.1, 0.15) is 18.2 Å². The Hall–Kier alpha value is -4.51. The van der Waals surface area contributed by atoms with Crippen molar-refractivity contribution in [2.45, 2.75) is 44.3 Å². The fourth-order valence-electron chi connectivity index (χ4n) is 6.71. The van der Waals surface area contributed by atoms with Gasteiger partial charge < -0.3 is 24.6 Å². The zero-order chi connectivity index (χ0) is 33.1. The van der Waals surface area contributed by atoms with Crippen molar-refractivity contribution >= 4 is 28.2 Å². The highest BCUT2D eigenvalue weighted by molar-refractivity contribution is 6.06. The van der Waals surface area contributed by atoms with Gasteiger partial charge in [-0.2, -0.15) is 5.26 Å². The zero-order valence-electron chi connectivity index (χ0n) is 26.7. The molecule has 2 fully saturated rings. The number of methoxy groups -OCH3 is 1. The number of likely N-dealkylation sites (tertiary alicyclic amines) is 1. The van der Waals surface area contributed by atoms with Gasteiger partial charge >= 0.3 is 0 Å². The van der Waals surface area contributed by atoms with Crippen LogP contribution in [0.25, 0.3) is 22.0 Å². The van der Waals surface area contributed by atoms with Crippen LogP contribution in [0.15, 0.2) is 53.9 Å². The number of ether oxygens (including phenoxy) is 2. The van der Waals surface area contributed by atoms with Gasteiger partial charge in [-0.05, 0) is 37.4 Å². The number of carbonyl (C=O) groups excluding carboxylic acids is 1. The Morgan fingerprint density at radius 2 is 2.04 bits per heavy atom. The van der Waals surface area contributed by atoms with Gasteiger partial charge in [-0.3, -0.25) is 19.7 Å².